The minimum absolute atomic E-state index is 0.147. The van der Waals surface area contributed by atoms with Gasteiger partial charge in [0.1, 0.15) is 23.7 Å². The fourth-order valence-electron chi connectivity index (χ4n) is 4.93. The molecule has 1 aliphatic heterocycles. The van der Waals surface area contributed by atoms with E-state index in [0.29, 0.717) is 40.9 Å². The van der Waals surface area contributed by atoms with E-state index in [1.807, 2.05) is 41.5 Å². The van der Waals surface area contributed by atoms with Gasteiger partial charge in [0.2, 0.25) is 5.60 Å². The van der Waals surface area contributed by atoms with Gasteiger partial charge in [0, 0.05) is 11.5 Å². The molecule has 8 heteroatoms. The van der Waals surface area contributed by atoms with Crippen molar-refractivity contribution in [3.8, 4) is 5.75 Å². The van der Waals surface area contributed by atoms with Crippen LogP contribution < -0.4 is 10.2 Å². The molecule has 3 atom stereocenters. The Morgan fingerprint density at radius 3 is 2.39 bits per heavy atom. The van der Waals surface area contributed by atoms with Crippen molar-refractivity contribution in [2.45, 2.75) is 77.5 Å². The first kappa shape index (κ1) is 23.8. The maximum atomic E-state index is 13.4. The molecular weight excluding hydrogens is 492 g/mol. The Balaban J connectivity index is 1.74. The van der Waals surface area contributed by atoms with Crippen LogP contribution in [0.25, 0.3) is 11.0 Å². The topological polar surface area (TPSA) is 92.0 Å². The van der Waals surface area contributed by atoms with Crippen LogP contribution in [0.2, 0.25) is 0 Å². The molecule has 1 saturated carbocycles. The molecule has 0 amide bonds. The lowest BCUT2D eigenvalue weighted by Gasteiger charge is -2.34. The van der Waals surface area contributed by atoms with E-state index in [1.54, 1.807) is 12.1 Å². The molecule has 1 aromatic carbocycles. The van der Waals surface area contributed by atoms with Gasteiger partial charge in [0.25, 0.3) is 0 Å². The number of alkyl halides is 1. The number of hydrogen-bond donors (Lipinski definition) is 0. The fourth-order valence-corrected chi connectivity index (χ4v) is 5.15. The molecule has 2 heterocycles. The van der Waals surface area contributed by atoms with Crippen LogP contribution in [0.1, 0.15) is 70.5 Å². The van der Waals surface area contributed by atoms with Crippen molar-refractivity contribution in [1.29, 1.82) is 0 Å². The summed E-state index contributed by atoms with van der Waals surface area (Å²) in [5, 5.41) is 0.369. The number of ether oxygens (including phenoxy) is 3. The molecule has 2 bridgehead atoms. The smallest absolute Gasteiger partial charge is 0.351 e. The highest BCUT2D eigenvalue weighted by Gasteiger charge is 2.76. The number of esters is 2. The van der Waals surface area contributed by atoms with Crippen LogP contribution in [0.5, 0.6) is 5.75 Å². The Labute approximate surface area is 200 Å². The second kappa shape index (κ2) is 7.86. The second-order valence-corrected chi connectivity index (χ2v) is 11.3. The van der Waals surface area contributed by atoms with Gasteiger partial charge in [-0.1, -0.05) is 29.8 Å². The highest BCUT2D eigenvalue weighted by molar-refractivity contribution is 9.09. The molecule has 1 aromatic heterocycles. The summed E-state index contributed by atoms with van der Waals surface area (Å²) in [5.74, 6) is -0.0457. The molecule has 0 radical (unpaired) electrons. The number of rotatable bonds is 6. The van der Waals surface area contributed by atoms with Gasteiger partial charge in [0.15, 0.2) is 5.43 Å². The molecule has 2 fully saturated rings. The lowest BCUT2D eigenvalue weighted by molar-refractivity contribution is -0.184. The van der Waals surface area contributed by atoms with Crippen LogP contribution in [-0.2, 0) is 25.7 Å². The van der Waals surface area contributed by atoms with Gasteiger partial charge < -0.3 is 18.6 Å². The molecule has 1 saturated heterocycles. The zero-order valence-electron chi connectivity index (χ0n) is 19.7. The Bertz CT molecular complexity index is 1200. The first-order chi connectivity index (χ1) is 15.3. The van der Waals surface area contributed by atoms with E-state index in [9.17, 15) is 14.4 Å². The number of hydrogen-bond acceptors (Lipinski definition) is 7. The molecule has 0 N–H and O–H groups in total. The predicted octanol–water partition coefficient (Wildman–Crippen LogP) is 5.20. The second-order valence-electron chi connectivity index (χ2n) is 9.96. The number of benzene rings is 1. The predicted molar refractivity (Wildman–Crippen MR) is 125 cm³/mol. The highest BCUT2D eigenvalue weighted by Crippen LogP contribution is 2.65. The van der Waals surface area contributed by atoms with E-state index in [2.05, 4.69) is 15.9 Å². The maximum Gasteiger partial charge on any atom is 0.351 e. The SMILES string of the molecule is CC(C)Oc1ccc2c(=O)cc(C(C)Br)oc2c1COC(=O)[C@]12CC[C@](C)(C(=O)O1)C2(C)C. The van der Waals surface area contributed by atoms with Crippen LogP contribution in [0.4, 0.5) is 0 Å². The van der Waals surface area contributed by atoms with E-state index in [4.69, 9.17) is 18.6 Å². The molecule has 2 aliphatic rings. The molecule has 1 aliphatic carbocycles. The fraction of sp³-hybridized carbons (Fsp3) is 0.560. The summed E-state index contributed by atoms with van der Waals surface area (Å²) >= 11 is 3.44. The van der Waals surface area contributed by atoms with Gasteiger partial charge in [-0.05, 0) is 52.7 Å². The molecule has 178 valence electrons. The third kappa shape index (κ3) is 3.40. The van der Waals surface area contributed by atoms with Crippen LogP contribution in [0.3, 0.4) is 0 Å². The van der Waals surface area contributed by atoms with Crippen molar-refractivity contribution in [3.63, 3.8) is 0 Å². The van der Waals surface area contributed by atoms with Gasteiger partial charge in [-0.15, -0.1) is 0 Å². The Morgan fingerprint density at radius 2 is 1.85 bits per heavy atom. The lowest BCUT2D eigenvalue weighted by Crippen LogP contribution is -2.48. The van der Waals surface area contributed by atoms with Crippen molar-refractivity contribution in [1.82, 2.24) is 0 Å². The van der Waals surface area contributed by atoms with E-state index in [1.165, 1.54) is 6.07 Å². The van der Waals surface area contributed by atoms with Gasteiger partial charge in [-0.2, -0.15) is 0 Å². The summed E-state index contributed by atoms with van der Waals surface area (Å²) in [5.41, 5.74) is -2.21. The number of fused-ring (bicyclic) bond motifs is 3. The molecule has 1 unspecified atom stereocenters. The lowest BCUT2D eigenvalue weighted by atomic mass is 9.66. The number of halogens is 1. The third-order valence-electron chi connectivity index (χ3n) is 7.49. The summed E-state index contributed by atoms with van der Waals surface area (Å²) in [6, 6.07) is 4.78. The molecule has 2 aromatic rings. The van der Waals surface area contributed by atoms with Crippen LogP contribution >= 0.6 is 15.9 Å². The minimum atomic E-state index is -1.33. The average molecular weight is 521 g/mol. The van der Waals surface area contributed by atoms with Crippen molar-refractivity contribution < 1.29 is 28.2 Å². The molecular formula is C25H29BrO7. The van der Waals surface area contributed by atoms with Gasteiger partial charge in [0.05, 0.1) is 27.3 Å². The number of carbonyl (C=O) groups excluding carboxylic acids is 2. The summed E-state index contributed by atoms with van der Waals surface area (Å²) in [4.78, 5) is 38.4. The summed E-state index contributed by atoms with van der Waals surface area (Å²) < 4.78 is 23.4. The van der Waals surface area contributed by atoms with E-state index in [-0.39, 0.29) is 28.9 Å². The zero-order chi connectivity index (χ0) is 24.3. The van der Waals surface area contributed by atoms with E-state index in [0.717, 1.165) is 0 Å². The largest absolute Gasteiger partial charge is 0.490 e. The monoisotopic (exact) mass is 520 g/mol. The minimum Gasteiger partial charge on any atom is -0.490 e. The Kier molecular flexibility index (Phi) is 5.67. The highest BCUT2D eigenvalue weighted by atomic mass is 79.9. The van der Waals surface area contributed by atoms with Crippen molar-refractivity contribution in [3.05, 3.63) is 39.7 Å². The zero-order valence-corrected chi connectivity index (χ0v) is 21.3. The Morgan fingerprint density at radius 1 is 1.15 bits per heavy atom. The third-order valence-corrected chi connectivity index (χ3v) is 7.94. The summed E-state index contributed by atoms with van der Waals surface area (Å²) in [6.45, 7) is 11.0. The quantitative estimate of drug-likeness (QED) is 0.381. The van der Waals surface area contributed by atoms with Crippen LogP contribution in [0, 0.1) is 10.8 Å². The first-order valence-electron chi connectivity index (χ1n) is 11.1. The van der Waals surface area contributed by atoms with Crippen molar-refractivity contribution in [2.75, 3.05) is 0 Å². The normalized spacial score (nSPS) is 26.5. The van der Waals surface area contributed by atoms with E-state index >= 15 is 0 Å². The van der Waals surface area contributed by atoms with Crippen molar-refractivity contribution in [2.24, 2.45) is 10.8 Å². The van der Waals surface area contributed by atoms with Gasteiger partial charge >= 0.3 is 11.9 Å². The van der Waals surface area contributed by atoms with Crippen LogP contribution in [0.15, 0.2) is 27.4 Å². The molecule has 4 rings (SSSR count). The average Bonchev–Trinajstić information content (AvgIpc) is 3.02. The Hall–Kier alpha value is -2.35. The molecule has 7 nitrogen and oxygen atoms in total. The standard InChI is InChI=1S/C25H29BrO7/c1-13(2)31-18-8-7-15-17(27)11-19(14(3)26)32-20(15)16(18)12-30-22(29)25-10-9-24(6,21(28)33-25)23(25,4)5/h7-8,11,13-14H,9-10,12H2,1-6H3/t14?,24-,25+/m1/s1. The van der Waals surface area contributed by atoms with E-state index < -0.39 is 22.4 Å². The molecule has 33 heavy (non-hydrogen) atoms. The van der Waals surface area contributed by atoms with Gasteiger partial charge in [-0.3, -0.25) is 9.59 Å². The number of carbonyl (C=O) groups is 2. The summed E-state index contributed by atoms with van der Waals surface area (Å²) in [7, 11) is 0. The molecule has 0 spiro atoms. The maximum absolute atomic E-state index is 13.4. The van der Waals surface area contributed by atoms with Crippen molar-refractivity contribution >= 4 is 38.8 Å². The summed E-state index contributed by atoms with van der Waals surface area (Å²) in [6.07, 6.45) is 0.822. The first-order valence-corrected chi connectivity index (χ1v) is 12.1. The van der Waals surface area contributed by atoms with Crippen LogP contribution in [-0.4, -0.2) is 23.6 Å². The van der Waals surface area contributed by atoms with Gasteiger partial charge in [-0.25, -0.2) is 4.79 Å².